The van der Waals surface area contributed by atoms with Gasteiger partial charge in [0, 0.05) is 17.6 Å². The van der Waals surface area contributed by atoms with Gasteiger partial charge < -0.3 is 20.2 Å². The Bertz CT molecular complexity index is 1360. The zero-order valence-electron chi connectivity index (χ0n) is 18.8. The summed E-state index contributed by atoms with van der Waals surface area (Å²) in [5, 5.41) is 14.8. The standard InChI is InChI=1S/C23H20F3N5O4/c1-11-16(10-28-20(29-11)14-4-5-17(32)18-13(14)6-7-35-18)31-21(33)30-12-8-15(23(24,25)26)19(27-9-12)22(2,3)34/h4,6-10,34H,5H2,1-3H3,(H2,30,31,33). The van der Waals surface area contributed by atoms with Gasteiger partial charge in [0.05, 0.1) is 47.0 Å². The van der Waals surface area contributed by atoms with Crippen LogP contribution in [0.2, 0.25) is 0 Å². The molecule has 35 heavy (non-hydrogen) atoms. The van der Waals surface area contributed by atoms with Crippen molar-refractivity contribution in [3.8, 4) is 0 Å². The summed E-state index contributed by atoms with van der Waals surface area (Å²) < 4.78 is 45.6. The summed E-state index contributed by atoms with van der Waals surface area (Å²) in [6.45, 7) is 3.99. The number of alkyl halides is 3. The maximum absolute atomic E-state index is 13.5. The van der Waals surface area contributed by atoms with Gasteiger partial charge in [0.25, 0.3) is 0 Å². The molecule has 9 nitrogen and oxygen atoms in total. The summed E-state index contributed by atoms with van der Waals surface area (Å²) in [6.07, 6.45) is 0.823. The minimum atomic E-state index is -4.79. The number of hydrogen-bond donors (Lipinski definition) is 3. The number of rotatable bonds is 4. The number of fused-ring (bicyclic) bond motifs is 1. The van der Waals surface area contributed by atoms with Gasteiger partial charge in [0.2, 0.25) is 5.78 Å². The molecule has 182 valence electrons. The van der Waals surface area contributed by atoms with Crippen LogP contribution >= 0.6 is 0 Å². The van der Waals surface area contributed by atoms with Gasteiger partial charge in [-0.15, -0.1) is 0 Å². The molecule has 3 heterocycles. The summed E-state index contributed by atoms with van der Waals surface area (Å²) in [5.41, 5.74) is -1.98. The van der Waals surface area contributed by atoms with Gasteiger partial charge in [-0.25, -0.2) is 14.8 Å². The first kappa shape index (κ1) is 24.1. The summed E-state index contributed by atoms with van der Waals surface area (Å²) in [4.78, 5) is 36.7. The molecule has 0 saturated carbocycles. The van der Waals surface area contributed by atoms with Crippen molar-refractivity contribution in [1.29, 1.82) is 0 Å². The average Bonchev–Trinajstić information content (AvgIpc) is 3.25. The van der Waals surface area contributed by atoms with Gasteiger partial charge in [0.1, 0.15) is 5.60 Å². The number of ketones is 1. The molecule has 2 amide bonds. The van der Waals surface area contributed by atoms with E-state index in [1.54, 1.807) is 19.1 Å². The lowest BCUT2D eigenvalue weighted by atomic mass is 9.96. The van der Waals surface area contributed by atoms with Crippen LogP contribution in [-0.4, -0.2) is 31.9 Å². The molecule has 0 unspecified atom stereocenters. The van der Waals surface area contributed by atoms with Gasteiger partial charge in [-0.3, -0.25) is 9.78 Å². The van der Waals surface area contributed by atoms with E-state index in [1.165, 1.54) is 26.3 Å². The number of nitrogens with zero attached hydrogens (tertiary/aromatic N) is 3. The van der Waals surface area contributed by atoms with Crippen LogP contribution in [0.15, 0.2) is 41.3 Å². The second kappa shape index (κ2) is 8.62. The number of aliphatic hydroxyl groups is 1. The molecule has 0 atom stereocenters. The van der Waals surface area contributed by atoms with Gasteiger partial charge in [-0.05, 0) is 32.9 Å². The number of pyridine rings is 1. The van der Waals surface area contributed by atoms with E-state index in [0.717, 1.165) is 6.20 Å². The Hall–Kier alpha value is -4.06. The largest absolute Gasteiger partial charge is 0.461 e. The van der Waals surface area contributed by atoms with E-state index >= 15 is 0 Å². The van der Waals surface area contributed by atoms with Crippen LogP contribution in [0.5, 0.6) is 0 Å². The predicted molar refractivity (Wildman–Crippen MR) is 119 cm³/mol. The second-order valence-corrected chi connectivity index (χ2v) is 8.36. The topological polar surface area (TPSA) is 130 Å². The van der Waals surface area contributed by atoms with Crippen molar-refractivity contribution < 1.29 is 32.3 Å². The monoisotopic (exact) mass is 487 g/mol. The molecule has 3 aromatic rings. The van der Waals surface area contributed by atoms with Crippen LogP contribution in [0.3, 0.4) is 0 Å². The SMILES string of the molecule is Cc1nc(C2=CCC(=O)c3occc32)ncc1NC(=O)Nc1cnc(C(C)(C)O)c(C(F)(F)F)c1. The summed E-state index contributed by atoms with van der Waals surface area (Å²) >= 11 is 0. The molecule has 1 aliphatic rings. The third kappa shape index (κ3) is 4.92. The first-order chi connectivity index (χ1) is 16.3. The Morgan fingerprint density at radius 2 is 1.91 bits per heavy atom. The number of carbonyl (C=O) groups excluding carboxylic acids is 2. The van der Waals surface area contributed by atoms with E-state index in [2.05, 4.69) is 25.6 Å². The third-order valence-corrected chi connectivity index (χ3v) is 5.20. The van der Waals surface area contributed by atoms with E-state index < -0.39 is 29.1 Å². The van der Waals surface area contributed by atoms with E-state index in [4.69, 9.17) is 4.42 Å². The lowest BCUT2D eigenvalue weighted by molar-refractivity contribution is -0.140. The molecule has 0 aliphatic heterocycles. The molecule has 0 spiro atoms. The van der Waals surface area contributed by atoms with Crippen molar-refractivity contribution in [3.63, 3.8) is 0 Å². The smallest absolute Gasteiger partial charge is 0.418 e. The first-order valence-corrected chi connectivity index (χ1v) is 10.4. The maximum Gasteiger partial charge on any atom is 0.418 e. The minimum absolute atomic E-state index is 0.140. The number of amides is 2. The van der Waals surface area contributed by atoms with Crippen molar-refractivity contribution in [2.24, 2.45) is 0 Å². The van der Waals surface area contributed by atoms with Crippen molar-refractivity contribution >= 4 is 28.8 Å². The Morgan fingerprint density at radius 1 is 1.17 bits per heavy atom. The number of urea groups is 1. The number of hydrogen-bond acceptors (Lipinski definition) is 7. The molecule has 3 aromatic heterocycles. The van der Waals surface area contributed by atoms with Gasteiger partial charge in [-0.2, -0.15) is 13.2 Å². The summed E-state index contributed by atoms with van der Waals surface area (Å²) in [5.74, 6) is 0.400. The highest BCUT2D eigenvalue weighted by Gasteiger charge is 2.38. The zero-order valence-corrected chi connectivity index (χ0v) is 18.8. The Kier molecular flexibility index (Phi) is 5.93. The molecule has 0 bridgehead atoms. The van der Waals surface area contributed by atoms with Crippen molar-refractivity contribution in [1.82, 2.24) is 15.0 Å². The zero-order chi connectivity index (χ0) is 25.5. The Labute approximate surface area is 197 Å². The van der Waals surface area contributed by atoms with Crippen LogP contribution in [0.25, 0.3) is 5.57 Å². The molecular formula is C23H20F3N5O4. The van der Waals surface area contributed by atoms with E-state index in [9.17, 15) is 27.9 Å². The third-order valence-electron chi connectivity index (χ3n) is 5.20. The van der Waals surface area contributed by atoms with Gasteiger partial charge >= 0.3 is 12.2 Å². The predicted octanol–water partition coefficient (Wildman–Crippen LogP) is 4.68. The highest BCUT2D eigenvalue weighted by atomic mass is 19.4. The quantitative estimate of drug-likeness (QED) is 0.487. The minimum Gasteiger partial charge on any atom is -0.461 e. The van der Waals surface area contributed by atoms with Crippen LogP contribution in [0, 0.1) is 6.92 Å². The number of nitrogens with one attached hydrogen (secondary N) is 2. The molecule has 4 rings (SSSR count). The number of Topliss-reactive ketones (excluding diaryl/α,β-unsaturated/α-hetero) is 1. The molecule has 0 radical (unpaired) electrons. The average molecular weight is 487 g/mol. The Morgan fingerprint density at radius 3 is 2.57 bits per heavy atom. The molecular weight excluding hydrogens is 467 g/mol. The number of carbonyl (C=O) groups is 2. The fraction of sp³-hybridized carbons (Fsp3) is 0.261. The number of allylic oxidation sites excluding steroid dienone is 1. The number of aromatic nitrogens is 3. The van der Waals surface area contributed by atoms with Crippen molar-refractivity contribution in [2.45, 2.75) is 39.0 Å². The van der Waals surface area contributed by atoms with Crippen molar-refractivity contribution in [2.75, 3.05) is 10.6 Å². The number of halogens is 3. The van der Waals surface area contributed by atoms with Crippen LogP contribution in [0.1, 0.15) is 59.2 Å². The first-order valence-electron chi connectivity index (χ1n) is 10.4. The lowest BCUT2D eigenvalue weighted by Gasteiger charge is -2.22. The molecule has 3 N–H and O–H groups in total. The Balaban J connectivity index is 1.52. The van der Waals surface area contributed by atoms with Crippen molar-refractivity contribution in [3.05, 3.63) is 71.0 Å². The van der Waals surface area contributed by atoms with Gasteiger partial charge in [-0.1, -0.05) is 6.08 Å². The maximum atomic E-state index is 13.5. The second-order valence-electron chi connectivity index (χ2n) is 8.36. The molecule has 1 aliphatic carbocycles. The van der Waals surface area contributed by atoms with E-state index in [0.29, 0.717) is 28.7 Å². The molecule has 0 aromatic carbocycles. The molecule has 0 fully saturated rings. The number of furan rings is 1. The molecule has 0 saturated heterocycles. The van der Waals surface area contributed by atoms with E-state index in [-0.39, 0.29) is 29.3 Å². The normalized spacial score (nSPS) is 13.8. The summed E-state index contributed by atoms with van der Waals surface area (Å²) in [7, 11) is 0. The molecule has 12 heteroatoms. The number of anilines is 2. The van der Waals surface area contributed by atoms with E-state index in [1.807, 2.05) is 0 Å². The fourth-order valence-corrected chi connectivity index (χ4v) is 3.59. The summed E-state index contributed by atoms with van der Waals surface area (Å²) in [6, 6.07) is 1.50. The van der Waals surface area contributed by atoms with Crippen LogP contribution in [0.4, 0.5) is 29.3 Å². The fourth-order valence-electron chi connectivity index (χ4n) is 3.59. The highest BCUT2D eigenvalue weighted by molar-refractivity contribution is 6.04. The van der Waals surface area contributed by atoms with Crippen LogP contribution < -0.4 is 10.6 Å². The highest BCUT2D eigenvalue weighted by Crippen LogP contribution is 2.37. The van der Waals surface area contributed by atoms with Crippen LogP contribution in [-0.2, 0) is 11.8 Å². The lowest BCUT2D eigenvalue weighted by Crippen LogP contribution is -2.25. The van der Waals surface area contributed by atoms with Gasteiger partial charge in [0.15, 0.2) is 11.6 Å². The number of aryl methyl sites for hydroxylation is 1.